The van der Waals surface area contributed by atoms with Crippen molar-refractivity contribution in [2.75, 3.05) is 30.5 Å². The zero-order valence-corrected chi connectivity index (χ0v) is 20.7. The quantitative estimate of drug-likeness (QED) is 0.356. The summed E-state index contributed by atoms with van der Waals surface area (Å²) in [7, 11) is 1.62. The van der Waals surface area contributed by atoms with Gasteiger partial charge in [0.1, 0.15) is 5.82 Å². The maximum absolute atomic E-state index is 14.1. The fourth-order valence-electron chi connectivity index (χ4n) is 4.30. The van der Waals surface area contributed by atoms with Crippen LogP contribution in [0.4, 0.5) is 15.8 Å². The molecule has 0 aromatic heterocycles. The molecule has 4 rings (SSSR count). The van der Waals surface area contributed by atoms with E-state index >= 15 is 0 Å². The van der Waals surface area contributed by atoms with Gasteiger partial charge in [-0.2, -0.15) is 0 Å². The minimum Gasteiger partial charge on any atom is -0.481 e. The number of benzene rings is 3. The minimum atomic E-state index is -0.821. The van der Waals surface area contributed by atoms with Crippen LogP contribution in [0, 0.1) is 11.7 Å². The third kappa shape index (κ3) is 6.42. The van der Waals surface area contributed by atoms with E-state index < -0.39 is 17.7 Å². The summed E-state index contributed by atoms with van der Waals surface area (Å²) < 4.78 is 19.5. The number of nitrogens with zero attached hydrogens (tertiary/aromatic N) is 1. The lowest BCUT2D eigenvalue weighted by Gasteiger charge is -2.28. The molecule has 0 bridgehead atoms. The van der Waals surface area contributed by atoms with Crippen molar-refractivity contribution in [3.05, 3.63) is 94.3 Å². The van der Waals surface area contributed by atoms with Crippen molar-refractivity contribution in [1.29, 1.82) is 0 Å². The van der Waals surface area contributed by atoms with Gasteiger partial charge >= 0.3 is 5.97 Å². The summed E-state index contributed by atoms with van der Waals surface area (Å²) in [5.74, 6) is -2.13. The van der Waals surface area contributed by atoms with Gasteiger partial charge in [0.15, 0.2) is 0 Å². The molecule has 0 aliphatic heterocycles. The number of ether oxygens (including phenoxy) is 1. The summed E-state index contributed by atoms with van der Waals surface area (Å²) in [5, 5.41) is 13.0. The predicted molar refractivity (Wildman–Crippen MR) is 138 cm³/mol. The van der Waals surface area contributed by atoms with Crippen LogP contribution in [0.15, 0.2) is 66.7 Å². The Balaban J connectivity index is 1.64. The van der Waals surface area contributed by atoms with E-state index in [1.165, 1.54) is 6.07 Å². The van der Waals surface area contributed by atoms with Gasteiger partial charge in [0.25, 0.3) is 0 Å². The van der Waals surface area contributed by atoms with Gasteiger partial charge in [0, 0.05) is 25.2 Å². The van der Waals surface area contributed by atoms with E-state index in [-0.39, 0.29) is 18.2 Å². The summed E-state index contributed by atoms with van der Waals surface area (Å²) in [6.45, 7) is 1.55. The molecule has 2 atom stereocenters. The molecule has 1 aliphatic carbocycles. The third-order valence-electron chi connectivity index (χ3n) is 6.33. The summed E-state index contributed by atoms with van der Waals surface area (Å²) in [6, 6.07) is 19.4. The van der Waals surface area contributed by atoms with E-state index in [0.717, 1.165) is 16.8 Å². The second-order valence-corrected chi connectivity index (χ2v) is 9.36. The Labute approximate surface area is 214 Å². The monoisotopic (exact) mass is 510 g/mol. The second-order valence-electron chi connectivity index (χ2n) is 8.92. The summed E-state index contributed by atoms with van der Waals surface area (Å²) in [6.07, 6.45) is 0.447. The Bertz CT molecular complexity index is 1230. The van der Waals surface area contributed by atoms with Crippen molar-refractivity contribution in [1.82, 2.24) is 0 Å². The van der Waals surface area contributed by atoms with Crippen LogP contribution >= 0.6 is 11.6 Å². The highest BCUT2D eigenvalue weighted by molar-refractivity contribution is 6.30. The molecule has 3 aromatic carbocycles. The van der Waals surface area contributed by atoms with E-state index in [1.807, 2.05) is 42.5 Å². The number of carboxylic acid groups (broad SMARTS) is 1. The van der Waals surface area contributed by atoms with E-state index in [9.17, 15) is 19.1 Å². The molecule has 8 heteroatoms. The van der Waals surface area contributed by atoms with Crippen molar-refractivity contribution >= 4 is 34.9 Å². The first-order valence-electron chi connectivity index (χ1n) is 11.7. The molecule has 0 saturated heterocycles. The molecule has 188 valence electrons. The number of amides is 1. The van der Waals surface area contributed by atoms with Crippen molar-refractivity contribution in [3.63, 3.8) is 0 Å². The first kappa shape index (κ1) is 25.7. The van der Waals surface area contributed by atoms with Crippen LogP contribution in [-0.2, 0) is 27.3 Å². The van der Waals surface area contributed by atoms with Crippen LogP contribution < -0.4 is 10.2 Å². The number of halogens is 2. The van der Waals surface area contributed by atoms with E-state index in [0.29, 0.717) is 42.4 Å². The molecule has 6 nitrogen and oxygen atoms in total. The van der Waals surface area contributed by atoms with Crippen molar-refractivity contribution in [2.45, 2.75) is 25.3 Å². The molecular weight excluding hydrogens is 483 g/mol. The molecule has 1 saturated carbocycles. The molecule has 3 aromatic rings. The van der Waals surface area contributed by atoms with Crippen LogP contribution in [0.5, 0.6) is 0 Å². The second kappa shape index (κ2) is 11.5. The number of carbonyl (C=O) groups is 2. The zero-order valence-electron chi connectivity index (χ0n) is 19.9. The van der Waals surface area contributed by atoms with Crippen molar-refractivity contribution in [2.24, 2.45) is 5.92 Å². The Hall–Kier alpha value is -3.42. The Kier molecular flexibility index (Phi) is 8.23. The summed E-state index contributed by atoms with van der Waals surface area (Å²) >= 11 is 6.05. The van der Waals surface area contributed by atoms with Crippen LogP contribution in [0.2, 0.25) is 5.02 Å². The predicted octanol–water partition coefficient (Wildman–Crippen LogP) is 5.50. The van der Waals surface area contributed by atoms with Crippen LogP contribution in [0.3, 0.4) is 0 Å². The molecule has 0 unspecified atom stereocenters. The SMILES string of the molecule is COCCN(Cc1ccc(Cl)cc1)c1ccc([C@H]2C[C@H]2C(=O)O)cc1NC(=O)Cc1ccccc1F. The van der Waals surface area contributed by atoms with Gasteiger partial charge in [-0.3, -0.25) is 9.59 Å². The maximum Gasteiger partial charge on any atom is 0.307 e. The van der Waals surface area contributed by atoms with Gasteiger partial charge in [-0.25, -0.2) is 4.39 Å². The molecule has 1 fully saturated rings. The number of carboxylic acids is 1. The largest absolute Gasteiger partial charge is 0.481 e. The van der Waals surface area contributed by atoms with Crippen LogP contribution in [0.1, 0.15) is 29.0 Å². The molecule has 1 aliphatic rings. The molecular formula is C28H28ClFN2O4. The van der Waals surface area contributed by atoms with Crippen LogP contribution in [0.25, 0.3) is 0 Å². The van der Waals surface area contributed by atoms with Gasteiger partial charge in [0.05, 0.1) is 30.3 Å². The lowest BCUT2D eigenvalue weighted by Crippen LogP contribution is -2.28. The standard InChI is InChI=1S/C28H28ClFN2O4/c1-36-13-12-32(17-18-6-9-21(29)10-7-18)26-11-8-19(22-16-23(22)28(34)35)14-25(26)31-27(33)15-20-4-2-3-5-24(20)30/h2-11,14,22-23H,12-13,15-17H2,1H3,(H,31,33)(H,34,35)/t22-,23-/m1/s1. The first-order valence-corrected chi connectivity index (χ1v) is 12.1. The van der Waals surface area contributed by atoms with Gasteiger partial charge in [-0.05, 0) is 59.4 Å². The number of carbonyl (C=O) groups excluding carboxylic acids is 1. The fraction of sp³-hybridized carbons (Fsp3) is 0.286. The fourth-order valence-corrected chi connectivity index (χ4v) is 4.43. The molecule has 0 spiro atoms. The van der Waals surface area contributed by atoms with Gasteiger partial charge in [0.2, 0.25) is 5.91 Å². The maximum atomic E-state index is 14.1. The number of nitrogens with one attached hydrogen (secondary N) is 1. The number of anilines is 2. The number of hydrogen-bond donors (Lipinski definition) is 2. The van der Waals surface area contributed by atoms with Crippen molar-refractivity contribution in [3.8, 4) is 0 Å². The first-order chi connectivity index (χ1) is 17.4. The minimum absolute atomic E-state index is 0.0949. The highest BCUT2D eigenvalue weighted by Gasteiger charge is 2.44. The number of hydrogen-bond acceptors (Lipinski definition) is 4. The lowest BCUT2D eigenvalue weighted by molar-refractivity contribution is -0.138. The van der Waals surface area contributed by atoms with Gasteiger partial charge in [-0.1, -0.05) is 48.0 Å². The third-order valence-corrected chi connectivity index (χ3v) is 6.58. The van der Waals surface area contributed by atoms with E-state index in [2.05, 4.69) is 10.2 Å². The Morgan fingerprint density at radius 2 is 1.89 bits per heavy atom. The molecule has 2 N–H and O–H groups in total. The highest BCUT2D eigenvalue weighted by Crippen LogP contribution is 2.49. The Morgan fingerprint density at radius 1 is 1.14 bits per heavy atom. The van der Waals surface area contributed by atoms with E-state index in [4.69, 9.17) is 16.3 Å². The molecule has 0 radical (unpaired) electrons. The van der Waals surface area contributed by atoms with Gasteiger partial charge < -0.3 is 20.1 Å². The summed E-state index contributed by atoms with van der Waals surface area (Å²) in [5.41, 5.74) is 3.50. The van der Waals surface area contributed by atoms with Gasteiger partial charge in [-0.15, -0.1) is 0 Å². The van der Waals surface area contributed by atoms with Crippen LogP contribution in [-0.4, -0.2) is 37.2 Å². The number of methoxy groups -OCH3 is 1. The highest BCUT2D eigenvalue weighted by atomic mass is 35.5. The molecule has 1 amide bonds. The molecule has 36 heavy (non-hydrogen) atoms. The number of rotatable bonds is 11. The zero-order chi connectivity index (χ0) is 25.7. The molecule has 0 heterocycles. The average Bonchev–Trinajstić information content (AvgIpc) is 3.66. The number of aliphatic carboxylic acids is 1. The topological polar surface area (TPSA) is 78.9 Å². The summed E-state index contributed by atoms with van der Waals surface area (Å²) in [4.78, 5) is 26.5. The Morgan fingerprint density at radius 3 is 2.56 bits per heavy atom. The lowest BCUT2D eigenvalue weighted by atomic mass is 10.1. The van der Waals surface area contributed by atoms with E-state index in [1.54, 1.807) is 25.3 Å². The average molecular weight is 511 g/mol. The smallest absolute Gasteiger partial charge is 0.307 e. The normalized spacial score (nSPS) is 16.4. The van der Waals surface area contributed by atoms with Crippen molar-refractivity contribution < 1.29 is 23.8 Å².